The van der Waals surface area contributed by atoms with Crippen LogP contribution >= 0.6 is 0 Å². The SMILES string of the molecule is CC(C)(C)OC(=O)Oc1ccc(C(CNC(=O)OCCCCCCOCCCCc2ccc([N+](=O)[O-])cc2)(O[Si](C)(C)C(C)(C)C)C(C)(C)C)c2ccc(=O)[nH]c12. The van der Waals surface area contributed by atoms with Gasteiger partial charge in [-0.2, -0.15) is 0 Å². The summed E-state index contributed by atoms with van der Waals surface area (Å²) in [5.41, 5.74) is -0.648. The van der Waals surface area contributed by atoms with Crippen LogP contribution in [0.1, 0.15) is 112 Å². The number of nitro benzene ring substituents is 1. The number of benzene rings is 2. The molecule has 14 heteroatoms. The van der Waals surface area contributed by atoms with E-state index in [1.165, 1.54) is 18.2 Å². The number of fused-ring (bicyclic) bond motifs is 1. The maximum absolute atomic E-state index is 13.3. The van der Waals surface area contributed by atoms with Crippen LogP contribution < -0.4 is 15.6 Å². The zero-order valence-electron chi connectivity index (χ0n) is 35.9. The monoisotopic (exact) mass is 811 g/mol. The van der Waals surface area contributed by atoms with E-state index in [1.54, 1.807) is 45.0 Å². The molecule has 316 valence electrons. The van der Waals surface area contributed by atoms with Crippen LogP contribution in [-0.2, 0) is 30.7 Å². The van der Waals surface area contributed by atoms with Gasteiger partial charge in [0.25, 0.3) is 5.69 Å². The van der Waals surface area contributed by atoms with Crippen molar-refractivity contribution in [1.82, 2.24) is 10.3 Å². The number of nitrogens with zero attached hydrogens (tertiary/aromatic N) is 1. The van der Waals surface area contributed by atoms with Gasteiger partial charge in [0.05, 0.1) is 23.6 Å². The van der Waals surface area contributed by atoms with E-state index >= 15 is 0 Å². The smallest absolute Gasteiger partial charge is 0.450 e. The number of rotatable bonds is 19. The van der Waals surface area contributed by atoms with Crippen LogP contribution in [0.25, 0.3) is 10.9 Å². The molecule has 1 heterocycles. The van der Waals surface area contributed by atoms with Crippen molar-refractivity contribution >= 4 is 37.2 Å². The summed E-state index contributed by atoms with van der Waals surface area (Å²) in [5, 5.41) is 14.2. The summed E-state index contributed by atoms with van der Waals surface area (Å²) in [5.74, 6) is 0.131. The van der Waals surface area contributed by atoms with Gasteiger partial charge < -0.3 is 33.7 Å². The first-order valence-corrected chi connectivity index (χ1v) is 22.9. The fourth-order valence-electron chi connectivity index (χ4n) is 6.11. The van der Waals surface area contributed by atoms with Gasteiger partial charge in [-0.3, -0.25) is 14.9 Å². The number of amides is 1. The quantitative estimate of drug-likeness (QED) is 0.0297. The average Bonchev–Trinajstić information content (AvgIpc) is 3.09. The summed E-state index contributed by atoms with van der Waals surface area (Å²) in [4.78, 5) is 51.9. The number of H-pyrrole nitrogens is 1. The Morgan fingerprint density at radius 1 is 0.807 bits per heavy atom. The van der Waals surface area contributed by atoms with Crippen LogP contribution in [-0.4, -0.2) is 62.4 Å². The average molecular weight is 812 g/mol. The molecule has 3 aromatic rings. The first-order chi connectivity index (χ1) is 26.5. The van der Waals surface area contributed by atoms with Gasteiger partial charge in [0.1, 0.15) is 11.2 Å². The Labute approximate surface area is 338 Å². The molecule has 1 atom stereocenters. The fourth-order valence-corrected chi connectivity index (χ4v) is 7.78. The first-order valence-electron chi connectivity index (χ1n) is 19.9. The van der Waals surface area contributed by atoms with E-state index in [0.29, 0.717) is 30.5 Å². The van der Waals surface area contributed by atoms with Crippen LogP contribution in [0.3, 0.4) is 0 Å². The molecular weight excluding hydrogens is 747 g/mol. The van der Waals surface area contributed by atoms with Gasteiger partial charge in [0.2, 0.25) is 5.56 Å². The molecule has 0 aliphatic rings. The van der Waals surface area contributed by atoms with E-state index in [2.05, 4.69) is 64.9 Å². The summed E-state index contributed by atoms with van der Waals surface area (Å²) in [6.07, 6.45) is 4.73. The summed E-state index contributed by atoms with van der Waals surface area (Å²) in [6.45, 7) is 23.8. The van der Waals surface area contributed by atoms with Crippen molar-refractivity contribution in [3.05, 3.63) is 80.1 Å². The number of hydrogen-bond acceptors (Lipinski definition) is 10. The van der Waals surface area contributed by atoms with Crippen LogP contribution in [0, 0.1) is 15.5 Å². The van der Waals surface area contributed by atoms with Crippen LogP contribution in [0.2, 0.25) is 18.1 Å². The van der Waals surface area contributed by atoms with Crippen molar-refractivity contribution in [3.63, 3.8) is 0 Å². The number of unbranched alkanes of at least 4 members (excludes halogenated alkanes) is 4. The largest absolute Gasteiger partial charge is 0.514 e. The highest BCUT2D eigenvalue weighted by molar-refractivity contribution is 6.74. The molecule has 2 N–H and O–H groups in total. The van der Waals surface area contributed by atoms with Crippen molar-refractivity contribution in [2.45, 2.75) is 137 Å². The maximum Gasteiger partial charge on any atom is 0.514 e. The Morgan fingerprint density at radius 2 is 1.42 bits per heavy atom. The number of nitrogens with one attached hydrogen (secondary N) is 2. The van der Waals surface area contributed by atoms with E-state index in [9.17, 15) is 24.5 Å². The lowest BCUT2D eigenvalue weighted by atomic mass is 9.71. The van der Waals surface area contributed by atoms with Crippen LogP contribution in [0.15, 0.2) is 53.3 Å². The van der Waals surface area contributed by atoms with Crippen molar-refractivity contribution in [2.24, 2.45) is 5.41 Å². The first kappa shape index (κ1) is 47.1. The molecule has 0 aliphatic carbocycles. The lowest BCUT2D eigenvalue weighted by molar-refractivity contribution is -0.384. The lowest BCUT2D eigenvalue weighted by Crippen LogP contribution is -2.58. The van der Waals surface area contributed by atoms with E-state index in [4.69, 9.17) is 23.4 Å². The molecular formula is C43H65N3O10Si. The van der Waals surface area contributed by atoms with E-state index in [1.807, 2.05) is 6.07 Å². The minimum Gasteiger partial charge on any atom is -0.450 e. The molecule has 0 saturated carbocycles. The number of pyridine rings is 1. The number of carbonyl (C=O) groups excluding carboxylic acids is 2. The molecule has 1 amide bonds. The summed E-state index contributed by atoms with van der Waals surface area (Å²) in [6, 6.07) is 13.2. The molecule has 0 radical (unpaired) electrons. The highest BCUT2D eigenvalue weighted by Gasteiger charge is 2.52. The van der Waals surface area contributed by atoms with Gasteiger partial charge in [-0.1, -0.05) is 66.2 Å². The van der Waals surface area contributed by atoms with Gasteiger partial charge in [-0.15, -0.1) is 0 Å². The summed E-state index contributed by atoms with van der Waals surface area (Å²) < 4.78 is 29.8. The number of ether oxygens (including phenoxy) is 4. The molecule has 0 fully saturated rings. The highest BCUT2D eigenvalue weighted by Crippen LogP contribution is 2.51. The van der Waals surface area contributed by atoms with Crippen molar-refractivity contribution in [1.29, 1.82) is 0 Å². The van der Waals surface area contributed by atoms with E-state index in [0.717, 1.165) is 49.7 Å². The van der Waals surface area contributed by atoms with Crippen LogP contribution in [0.5, 0.6) is 5.75 Å². The predicted octanol–water partition coefficient (Wildman–Crippen LogP) is 10.3. The third-order valence-corrected chi connectivity index (χ3v) is 14.8. The Balaban J connectivity index is 1.63. The minimum atomic E-state index is -2.54. The number of carbonyl (C=O) groups is 2. The molecule has 57 heavy (non-hydrogen) atoms. The molecule has 0 bridgehead atoms. The topological polar surface area (TPSA) is 168 Å². The number of non-ortho nitro benzene ring substituents is 1. The Bertz CT molecular complexity index is 1860. The summed E-state index contributed by atoms with van der Waals surface area (Å²) in [7, 11) is -2.54. The van der Waals surface area contributed by atoms with Crippen molar-refractivity contribution < 1.29 is 37.9 Å². The molecule has 1 aromatic heterocycles. The highest BCUT2D eigenvalue weighted by atomic mass is 28.4. The van der Waals surface area contributed by atoms with Gasteiger partial charge in [-0.25, -0.2) is 9.59 Å². The van der Waals surface area contributed by atoms with Crippen LogP contribution in [0.4, 0.5) is 15.3 Å². The molecule has 0 spiro atoms. The normalized spacial score (nSPS) is 13.5. The van der Waals surface area contributed by atoms with Crippen molar-refractivity contribution in [2.75, 3.05) is 26.4 Å². The van der Waals surface area contributed by atoms with Gasteiger partial charge in [0, 0.05) is 36.8 Å². The number of aromatic amines is 1. The number of aryl methyl sites for hydroxylation is 1. The molecule has 3 rings (SSSR count). The zero-order valence-corrected chi connectivity index (χ0v) is 36.9. The molecule has 2 aromatic carbocycles. The standard InChI is InChI=1S/C43H65N3O10Si/c1-40(2,3)43(56-57(10,11)42(7,8)9,34-24-25-35(54-39(49)55-41(4,5)6)37-33(34)23-26-36(47)45-37)30-44-38(48)53-29-16-13-12-15-27-52-28-17-14-18-31-19-21-32(22-20-31)46(50)51/h19-26H,12-18,27-30H2,1-11H3,(H,44,48)(H,45,47). The lowest BCUT2D eigenvalue weighted by Gasteiger charge is -2.52. The molecule has 1 unspecified atom stereocenters. The van der Waals surface area contributed by atoms with Gasteiger partial charge in [-0.05, 0) is 106 Å². The molecule has 0 saturated heterocycles. The van der Waals surface area contributed by atoms with Gasteiger partial charge in [0.15, 0.2) is 14.1 Å². The van der Waals surface area contributed by atoms with Gasteiger partial charge >= 0.3 is 12.2 Å². The fraction of sp³-hybridized carbons (Fsp3) is 0.605. The second kappa shape index (κ2) is 19.9. The second-order valence-electron chi connectivity index (χ2n) is 18.1. The second-order valence-corrected chi connectivity index (χ2v) is 22.8. The predicted molar refractivity (Wildman–Crippen MR) is 226 cm³/mol. The van der Waals surface area contributed by atoms with E-state index < -0.39 is 42.1 Å². The van der Waals surface area contributed by atoms with Crippen molar-refractivity contribution in [3.8, 4) is 5.75 Å². The Morgan fingerprint density at radius 3 is 2.00 bits per heavy atom. The zero-order chi connectivity index (χ0) is 42.7. The number of aromatic nitrogens is 1. The third-order valence-electron chi connectivity index (χ3n) is 10.4. The third kappa shape index (κ3) is 14.0. The molecule has 13 nitrogen and oxygen atoms in total. The Hall–Kier alpha value is -4.27. The Kier molecular flexibility index (Phi) is 16.5. The number of nitro groups is 1. The van der Waals surface area contributed by atoms with E-state index in [-0.39, 0.29) is 35.2 Å². The number of alkyl carbamates (subject to hydrolysis) is 1. The number of hydrogen-bond donors (Lipinski definition) is 2. The molecule has 0 aliphatic heterocycles. The summed E-state index contributed by atoms with van der Waals surface area (Å²) >= 11 is 0. The maximum atomic E-state index is 13.3. The minimum absolute atomic E-state index is 0.0769.